The Kier molecular flexibility index (Phi) is 10.7. The van der Waals surface area contributed by atoms with Crippen molar-refractivity contribution in [2.75, 3.05) is 0 Å². The van der Waals surface area contributed by atoms with Gasteiger partial charge in [-0.1, -0.05) is 170 Å². The molecule has 6 heterocycles. The highest BCUT2D eigenvalue weighted by molar-refractivity contribution is 7.90. The molecule has 0 spiro atoms. The summed E-state index contributed by atoms with van der Waals surface area (Å²) in [5.41, 5.74) is 18.3. The largest absolute Gasteiger partial charge is 0.309 e. The fourth-order valence-electron chi connectivity index (χ4n) is 15.9. The van der Waals surface area contributed by atoms with Gasteiger partial charge in [-0.15, -0.1) is 0 Å². The SMILES string of the molecule is O=P1(c2ccc(-n3c4ccccc4c4ccccc43)cc2)c2cc(-c3ccc(-n4c5ccccc5c5ccccc54)cc3)cc3c2-c2c1cc(-c1ccc(-n4c5ccccc5c5ccccc54)cc1)cc2P3(=O)c1ccc(-n2c3ccccc3c3ccccc32)cc1. The maximum atomic E-state index is 17.8. The van der Waals surface area contributed by atoms with Gasteiger partial charge in [0.15, 0.2) is 14.3 Å². The lowest BCUT2D eigenvalue weighted by Crippen LogP contribution is -2.29. The zero-order valence-corrected chi connectivity index (χ0v) is 51.3. The van der Waals surface area contributed by atoms with Crippen LogP contribution in [-0.2, 0) is 9.13 Å². The van der Waals surface area contributed by atoms with Crippen molar-refractivity contribution in [3.05, 3.63) is 315 Å². The maximum Gasteiger partial charge on any atom is 0.172 e. The zero-order valence-electron chi connectivity index (χ0n) is 49.5. The fourth-order valence-corrected chi connectivity index (χ4v) is 22.3. The summed E-state index contributed by atoms with van der Waals surface area (Å²) in [6.07, 6.45) is 0. The van der Waals surface area contributed by atoms with Crippen LogP contribution < -0.4 is 31.8 Å². The Labute approximate surface area is 529 Å². The second-order valence-electron chi connectivity index (χ2n) is 24.6. The van der Waals surface area contributed by atoms with Crippen LogP contribution in [0.5, 0.6) is 0 Å². The molecule has 0 saturated heterocycles. The first kappa shape index (κ1) is 51.6. The van der Waals surface area contributed by atoms with Crippen molar-refractivity contribution in [2.24, 2.45) is 0 Å². The Balaban J connectivity index is 0.808. The summed E-state index contributed by atoms with van der Waals surface area (Å²) in [6.45, 7) is 0. The highest BCUT2D eigenvalue weighted by atomic mass is 31.2. The number of fused-ring (bicyclic) bond motifs is 12. The molecule has 0 N–H and O–H groups in total. The molecule has 0 aliphatic carbocycles. The normalized spacial score (nSPS) is 13.7. The van der Waals surface area contributed by atoms with Crippen LogP contribution in [-0.4, -0.2) is 18.3 Å². The fraction of sp³-hybridized carbons (Fsp3) is 0. The molecule has 0 unspecified atom stereocenters. The summed E-state index contributed by atoms with van der Waals surface area (Å²) in [4.78, 5) is 0. The molecule has 18 aromatic rings. The molecule has 2 aliphatic rings. The Morgan fingerprint density at radius 1 is 0.196 bits per heavy atom. The van der Waals surface area contributed by atoms with Crippen LogP contribution in [0.2, 0.25) is 0 Å². The molecule has 20 rings (SSSR count). The number of benzene rings is 14. The Morgan fingerprint density at radius 2 is 0.380 bits per heavy atom. The van der Waals surface area contributed by atoms with Gasteiger partial charge in [0.2, 0.25) is 0 Å². The van der Waals surface area contributed by atoms with E-state index >= 15 is 9.13 Å². The molecule has 0 bridgehead atoms. The van der Waals surface area contributed by atoms with Crippen LogP contribution in [0.3, 0.4) is 0 Å². The van der Waals surface area contributed by atoms with Gasteiger partial charge in [-0.05, 0) is 168 Å². The van der Waals surface area contributed by atoms with Crippen molar-refractivity contribution in [3.63, 3.8) is 0 Å². The van der Waals surface area contributed by atoms with Crippen molar-refractivity contribution in [3.8, 4) is 56.1 Å². The molecular weight excluding hydrogens is 1160 g/mol. The van der Waals surface area contributed by atoms with Gasteiger partial charge in [-0.3, -0.25) is 0 Å². The van der Waals surface area contributed by atoms with Crippen molar-refractivity contribution < 1.29 is 9.13 Å². The van der Waals surface area contributed by atoms with Crippen LogP contribution in [0.1, 0.15) is 0 Å². The third-order valence-corrected chi connectivity index (χ3v) is 26.2. The predicted octanol–water partition coefficient (Wildman–Crippen LogP) is 19.0. The van der Waals surface area contributed by atoms with E-state index in [2.05, 4.69) is 334 Å². The molecular formula is C84H52N4O2P2. The second kappa shape index (κ2) is 19.1. The van der Waals surface area contributed by atoms with Gasteiger partial charge in [-0.2, -0.15) is 0 Å². The minimum absolute atomic E-state index is 0.718. The van der Waals surface area contributed by atoms with Gasteiger partial charge in [0, 0.05) is 109 Å². The van der Waals surface area contributed by atoms with Crippen LogP contribution in [0.4, 0.5) is 0 Å². The molecule has 430 valence electrons. The van der Waals surface area contributed by atoms with Crippen molar-refractivity contribution in [1.82, 2.24) is 18.3 Å². The highest BCUT2D eigenvalue weighted by Gasteiger charge is 2.53. The van der Waals surface area contributed by atoms with Gasteiger partial charge in [0.25, 0.3) is 0 Å². The van der Waals surface area contributed by atoms with Crippen molar-refractivity contribution in [2.45, 2.75) is 0 Å². The maximum absolute atomic E-state index is 17.8. The van der Waals surface area contributed by atoms with E-state index in [1.807, 2.05) is 0 Å². The number of rotatable bonds is 8. The molecule has 0 radical (unpaired) electrons. The third kappa shape index (κ3) is 7.00. The molecule has 6 nitrogen and oxygen atoms in total. The molecule has 0 atom stereocenters. The predicted molar refractivity (Wildman–Crippen MR) is 386 cm³/mol. The van der Waals surface area contributed by atoms with Gasteiger partial charge in [0.1, 0.15) is 0 Å². The minimum atomic E-state index is -3.76. The lowest BCUT2D eigenvalue weighted by atomic mass is 9.98. The van der Waals surface area contributed by atoms with E-state index in [0.717, 1.165) is 132 Å². The average Bonchev–Trinajstić information content (AvgIpc) is 1.49. The Bertz CT molecular complexity index is 5650. The number of hydrogen-bond acceptors (Lipinski definition) is 2. The van der Waals surface area contributed by atoms with E-state index in [4.69, 9.17) is 0 Å². The average molecular weight is 1210 g/mol. The third-order valence-electron chi connectivity index (χ3n) is 20.0. The molecule has 0 saturated carbocycles. The summed E-state index contributed by atoms with van der Waals surface area (Å²) in [7, 11) is -7.52. The van der Waals surface area contributed by atoms with E-state index < -0.39 is 14.3 Å². The van der Waals surface area contributed by atoms with Crippen LogP contribution >= 0.6 is 14.3 Å². The lowest BCUT2D eigenvalue weighted by molar-refractivity contribution is 0.592. The topological polar surface area (TPSA) is 53.9 Å². The number of aromatic nitrogens is 4. The second-order valence-corrected chi connectivity index (χ2v) is 30.0. The first-order valence-electron chi connectivity index (χ1n) is 31.4. The smallest absolute Gasteiger partial charge is 0.172 e. The first-order valence-corrected chi connectivity index (χ1v) is 34.8. The van der Waals surface area contributed by atoms with Gasteiger partial charge in [0.05, 0.1) is 44.1 Å². The van der Waals surface area contributed by atoms with E-state index in [0.29, 0.717) is 0 Å². The number of nitrogens with zero attached hydrogens (tertiary/aromatic N) is 4. The minimum Gasteiger partial charge on any atom is -0.309 e. The molecule has 92 heavy (non-hydrogen) atoms. The molecule has 0 fully saturated rings. The van der Waals surface area contributed by atoms with Crippen LogP contribution in [0.15, 0.2) is 315 Å². The van der Waals surface area contributed by atoms with E-state index in [9.17, 15) is 0 Å². The van der Waals surface area contributed by atoms with Crippen molar-refractivity contribution >= 4 is 133 Å². The summed E-state index contributed by atoms with van der Waals surface area (Å²) in [5, 5.41) is 13.8. The van der Waals surface area contributed by atoms with Crippen LogP contribution in [0, 0.1) is 0 Å². The van der Waals surface area contributed by atoms with Gasteiger partial charge >= 0.3 is 0 Å². The molecule has 4 aromatic heterocycles. The summed E-state index contributed by atoms with van der Waals surface area (Å²) < 4.78 is 44.8. The zero-order chi connectivity index (χ0) is 60.6. The molecule has 0 amide bonds. The summed E-state index contributed by atoms with van der Waals surface area (Å²) in [5.74, 6) is 0. The summed E-state index contributed by atoms with van der Waals surface area (Å²) in [6, 6.07) is 112. The number of para-hydroxylation sites is 8. The van der Waals surface area contributed by atoms with Crippen molar-refractivity contribution in [1.29, 1.82) is 0 Å². The quantitative estimate of drug-likeness (QED) is 0.142. The standard InChI is InChI=1S/C84H52N4O2P2/c89-91(61-45-41-59(42-46-61)87-75-29-13-5-21-67(75)68-22-6-14-30-76(68)87)79-49-55(53-33-37-57(38-34-53)85-71-25-9-1-17-63(71)64-18-2-10-26-72(64)85)50-80-83(79)84-81(91)51-56(54-35-39-58(40-36-54)86-73-27-11-3-19-65(73)66-20-4-12-28-74(66)86)52-82(84)92(80,90)62-47-43-60(44-48-62)88-77-31-15-7-23-69(77)70-24-8-16-32-78(70)88/h1-52H. The molecule has 2 aliphatic heterocycles. The number of hydrogen-bond donors (Lipinski definition) is 0. The van der Waals surface area contributed by atoms with Gasteiger partial charge in [-0.25, -0.2) is 0 Å². The van der Waals surface area contributed by atoms with E-state index in [-0.39, 0.29) is 0 Å². The highest BCUT2D eigenvalue weighted by Crippen LogP contribution is 2.62. The first-order chi connectivity index (χ1) is 45.4. The monoisotopic (exact) mass is 1210 g/mol. The van der Waals surface area contributed by atoms with E-state index in [1.165, 1.54) is 43.1 Å². The summed E-state index contributed by atoms with van der Waals surface area (Å²) >= 11 is 0. The lowest BCUT2D eigenvalue weighted by Gasteiger charge is -2.24. The van der Waals surface area contributed by atoms with E-state index in [1.54, 1.807) is 0 Å². The van der Waals surface area contributed by atoms with Gasteiger partial charge < -0.3 is 27.4 Å². The molecule has 14 aromatic carbocycles. The Hall–Kier alpha value is -11.3. The van der Waals surface area contributed by atoms with Crippen LogP contribution in [0.25, 0.3) is 143 Å². The Morgan fingerprint density at radius 3 is 0.587 bits per heavy atom. The molecule has 8 heteroatoms.